The molecular formula is C34H32N2O6. The molecule has 4 aromatic carbocycles. The maximum absolute atomic E-state index is 12.7. The summed E-state index contributed by atoms with van der Waals surface area (Å²) >= 11 is 0. The zero-order valence-electron chi connectivity index (χ0n) is 23.8. The van der Waals surface area contributed by atoms with Gasteiger partial charge in [0.15, 0.2) is 23.0 Å². The Bertz CT molecular complexity index is 1560. The summed E-state index contributed by atoms with van der Waals surface area (Å²) in [7, 11) is 3.09. The first kappa shape index (κ1) is 29.6. The van der Waals surface area contributed by atoms with Crippen LogP contribution in [0.5, 0.6) is 28.7 Å². The molecule has 214 valence electrons. The van der Waals surface area contributed by atoms with Crippen LogP contribution in [-0.4, -0.2) is 26.7 Å². The van der Waals surface area contributed by atoms with Crippen molar-refractivity contribution in [1.82, 2.24) is 0 Å². The molecule has 0 saturated heterocycles. The molecule has 4 rings (SSSR count). The number of ether oxygens (including phenoxy) is 5. The van der Waals surface area contributed by atoms with Crippen LogP contribution in [0.2, 0.25) is 0 Å². The first-order valence-electron chi connectivity index (χ1n) is 13.3. The highest BCUT2D eigenvalue weighted by Gasteiger charge is 2.13. The van der Waals surface area contributed by atoms with Crippen LogP contribution in [0.3, 0.4) is 0 Å². The van der Waals surface area contributed by atoms with Crippen molar-refractivity contribution < 1.29 is 28.5 Å². The Kier molecular flexibility index (Phi) is 10.4. The van der Waals surface area contributed by atoms with Gasteiger partial charge in [-0.3, -0.25) is 4.79 Å². The molecule has 0 aliphatic heterocycles. The Labute approximate surface area is 245 Å². The van der Waals surface area contributed by atoms with Crippen LogP contribution in [0.25, 0.3) is 6.08 Å². The van der Waals surface area contributed by atoms with Crippen LogP contribution in [-0.2, 0) is 18.0 Å². The fraction of sp³-hybridized carbons (Fsp3) is 0.176. The van der Waals surface area contributed by atoms with Crippen molar-refractivity contribution in [3.05, 3.63) is 113 Å². The highest BCUT2D eigenvalue weighted by Crippen LogP contribution is 2.32. The summed E-state index contributed by atoms with van der Waals surface area (Å²) in [5.74, 6) is 2.41. The number of rotatable bonds is 13. The number of hydrogen-bond donors (Lipinski definition) is 1. The molecule has 8 heteroatoms. The summed E-state index contributed by atoms with van der Waals surface area (Å²) in [4.78, 5) is 12.7. The van der Waals surface area contributed by atoms with Gasteiger partial charge in [0, 0.05) is 5.69 Å². The standard InChI is InChI=1S/C34H32N2O6/c1-4-40-33-20-26(11-17-31(33)41-22-24-8-6-5-7-9-24)23-42-30-16-10-25(19-32(30)39-3)18-27(21-35)34(37)36-28-12-14-29(38-2)15-13-28/h5-20H,4,22-23H2,1-3H3,(H,36,37)/b27-18-. The van der Waals surface area contributed by atoms with Crippen molar-refractivity contribution in [1.29, 1.82) is 5.26 Å². The highest BCUT2D eigenvalue weighted by molar-refractivity contribution is 6.09. The number of nitrogens with zero attached hydrogens (tertiary/aromatic N) is 1. The molecule has 1 amide bonds. The first-order chi connectivity index (χ1) is 20.5. The lowest BCUT2D eigenvalue weighted by Crippen LogP contribution is -2.13. The number of amides is 1. The first-order valence-corrected chi connectivity index (χ1v) is 13.3. The second kappa shape index (κ2) is 14.8. The summed E-state index contributed by atoms with van der Waals surface area (Å²) in [6.07, 6.45) is 1.49. The second-order valence-electron chi connectivity index (χ2n) is 9.04. The van der Waals surface area contributed by atoms with Crippen LogP contribution < -0.4 is 29.0 Å². The lowest BCUT2D eigenvalue weighted by atomic mass is 10.1. The topological polar surface area (TPSA) is 99.0 Å². The van der Waals surface area contributed by atoms with Gasteiger partial charge in [-0.2, -0.15) is 5.26 Å². The average Bonchev–Trinajstić information content (AvgIpc) is 3.03. The Balaban J connectivity index is 1.43. The van der Waals surface area contributed by atoms with Crippen molar-refractivity contribution in [2.45, 2.75) is 20.1 Å². The van der Waals surface area contributed by atoms with E-state index in [2.05, 4.69) is 5.32 Å². The quantitative estimate of drug-likeness (QED) is 0.141. The van der Waals surface area contributed by atoms with E-state index in [1.807, 2.05) is 61.5 Å². The molecule has 8 nitrogen and oxygen atoms in total. The van der Waals surface area contributed by atoms with Crippen LogP contribution in [0.1, 0.15) is 23.6 Å². The predicted octanol–water partition coefficient (Wildman–Crippen LogP) is 6.81. The molecule has 0 bridgehead atoms. The van der Waals surface area contributed by atoms with E-state index in [0.29, 0.717) is 53.2 Å². The van der Waals surface area contributed by atoms with Crippen molar-refractivity contribution in [3.63, 3.8) is 0 Å². The van der Waals surface area contributed by atoms with Crippen molar-refractivity contribution >= 4 is 17.7 Å². The molecule has 0 spiro atoms. The van der Waals surface area contributed by atoms with Gasteiger partial charge in [-0.15, -0.1) is 0 Å². The molecule has 0 saturated carbocycles. The smallest absolute Gasteiger partial charge is 0.266 e. The fourth-order valence-corrected chi connectivity index (χ4v) is 4.01. The van der Waals surface area contributed by atoms with Gasteiger partial charge in [-0.1, -0.05) is 42.5 Å². The number of hydrogen-bond acceptors (Lipinski definition) is 7. The molecule has 0 atom stereocenters. The van der Waals surface area contributed by atoms with E-state index in [9.17, 15) is 10.1 Å². The van der Waals surface area contributed by atoms with Crippen LogP contribution in [0.4, 0.5) is 5.69 Å². The lowest BCUT2D eigenvalue weighted by Gasteiger charge is -2.15. The van der Waals surface area contributed by atoms with Crippen LogP contribution in [0, 0.1) is 11.3 Å². The SMILES string of the molecule is CCOc1cc(COc2ccc(/C=C(/C#N)C(=O)Nc3ccc(OC)cc3)cc2OC)ccc1OCc1ccccc1. The molecule has 0 radical (unpaired) electrons. The molecular weight excluding hydrogens is 532 g/mol. The van der Waals surface area contributed by atoms with E-state index in [0.717, 1.165) is 11.1 Å². The number of methoxy groups -OCH3 is 2. The summed E-state index contributed by atoms with van der Waals surface area (Å²) in [5.41, 5.74) is 3.06. The minimum absolute atomic E-state index is 0.0560. The Morgan fingerprint density at radius 2 is 1.45 bits per heavy atom. The van der Waals surface area contributed by atoms with Gasteiger partial charge >= 0.3 is 0 Å². The van der Waals surface area contributed by atoms with Gasteiger partial charge in [0.25, 0.3) is 5.91 Å². The second-order valence-corrected chi connectivity index (χ2v) is 9.04. The molecule has 0 aliphatic rings. The minimum atomic E-state index is -0.525. The van der Waals surface area contributed by atoms with Gasteiger partial charge < -0.3 is 29.0 Å². The minimum Gasteiger partial charge on any atom is -0.497 e. The molecule has 0 unspecified atom stereocenters. The maximum atomic E-state index is 12.7. The van der Waals surface area contributed by atoms with Gasteiger partial charge in [0.05, 0.1) is 20.8 Å². The summed E-state index contributed by atoms with van der Waals surface area (Å²) in [5, 5.41) is 12.3. The number of carbonyl (C=O) groups excluding carboxylic acids is 1. The maximum Gasteiger partial charge on any atom is 0.266 e. The van der Waals surface area contributed by atoms with Crippen molar-refractivity contribution in [2.24, 2.45) is 0 Å². The lowest BCUT2D eigenvalue weighted by molar-refractivity contribution is -0.112. The Morgan fingerprint density at radius 3 is 2.12 bits per heavy atom. The molecule has 4 aromatic rings. The van der Waals surface area contributed by atoms with E-state index in [4.69, 9.17) is 23.7 Å². The summed E-state index contributed by atoms with van der Waals surface area (Å²) in [6.45, 7) is 3.12. The molecule has 0 aromatic heterocycles. The zero-order valence-corrected chi connectivity index (χ0v) is 23.8. The largest absolute Gasteiger partial charge is 0.497 e. The van der Waals surface area contributed by atoms with Gasteiger partial charge in [-0.05, 0) is 78.2 Å². The number of carbonyl (C=O) groups is 1. The third kappa shape index (κ3) is 8.05. The summed E-state index contributed by atoms with van der Waals surface area (Å²) < 4.78 is 28.5. The Hall–Kier alpha value is -5.42. The normalized spacial score (nSPS) is 10.8. The van der Waals surface area contributed by atoms with Gasteiger partial charge in [-0.25, -0.2) is 0 Å². The number of anilines is 1. The van der Waals surface area contributed by atoms with Gasteiger partial charge in [0.2, 0.25) is 0 Å². The van der Waals surface area contributed by atoms with Crippen LogP contribution in [0.15, 0.2) is 96.6 Å². The third-order valence-electron chi connectivity index (χ3n) is 6.15. The zero-order chi connectivity index (χ0) is 29.7. The molecule has 0 heterocycles. The predicted molar refractivity (Wildman–Crippen MR) is 161 cm³/mol. The third-order valence-corrected chi connectivity index (χ3v) is 6.15. The fourth-order valence-electron chi connectivity index (χ4n) is 4.01. The van der Waals surface area contributed by atoms with Gasteiger partial charge in [0.1, 0.15) is 30.6 Å². The molecule has 42 heavy (non-hydrogen) atoms. The Morgan fingerprint density at radius 1 is 0.762 bits per heavy atom. The average molecular weight is 565 g/mol. The number of nitriles is 1. The number of nitrogens with one attached hydrogen (secondary N) is 1. The van der Waals surface area contributed by atoms with E-state index in [1.54, 1.807) is 49.6 Å². The van der Waals surface area contributed by atoms with Crippen molar-refractivity contribution in [2.75, 3.05) is 26.1 Å². The monoisotopic (exact) mass is 564 g/mol. The molecule has 0 fully saturated rings. The van der Waals surface area contributed by atoms with Crippen LogP contribution >= 0.6 is 0 Å². The van der Waals surface area contributed by atoms with E-state index >= 15 is 0 Å². The molecule has 1 N–H and O–H groups in total. The number of benzene rings is 4. The van der Waals surface area contributed by atoms with E-state index < -0.39 is 5.91 Å². The van der Waals surface area contributed by atoms with E-state index in [1.165, 1.54) is 13.2 Å². The van der Waals surface area contributed by atoms with E-state index in [-0.39, 0.29) is 12.2 Å². The van der Waals surface area contributed by atoms with Crippen molar-refractivity contribution in [3.8, 4) is 34.8 Å². The molecule has 0 aliphatic carbocycles. The summed E-state index contributed by atoms with van der Waals surface area (Å²) in [6, 6.07) is 29.6. The highest BCUT2D eigenvalue weighted by atomic mass is 16.5.